The molecule has 2 atom stereocenters. The van der Waals surface area contributed by atoms with E-state index in [-0.39, 0.29) is 5.91 Å². The second kappa shape index (κ2) is 4.66. The van der Waals surface area contributed by atoms with E-state index in [0.717, 1.165) is 12.5 Å². The van der Waals surface area contributed by atoms with Crippen molar-refractivity contribution in [3.63, 3.8) is 0 Å². The van der Waals surface area contributed by atoms with Crippen molar-refractivity contribution >= 4 is 5.91 Å². The molecule has 17 heavy (non-hydrogen) atoms. The van der Waals surface area contributed by atoms with Crippen LogP contribution in [0.25, 0.3) is 0 Å². The van der Waals surface area contributed by atoms with Gasteiger partial charge in [0, 0.05) is 26.8 Å². The highest BCUT2D eigenvalue weighted by Crippen LogP contribution is 2.39. The molecule has 0 radical (unpaired) electrons. The van der Waals surface area contributed by atoms with Gasteiger partial charge in [0.15, 0.2) is 0 Å². The van der Waals surface area contributed by atoms with E-state index >= 15 is 0 Å². The van der Waals surface area contributed by atoms with Gasteiger partial charge in [0.25, 0.3) is 0 Å². The van der Waals surface area contributed by atoms with Crippen LogP contribution in [0.1, 0.15) is 26.2 Å². The van der Waals surface area contributed by atoms with Crippen LogP contribution < -0.4 is 0 Å². The molecule has 4 nitrogen and oxygen atoms in total. The van der Waals surface area contributed by atoms with Crippen LogP contribution in [0.4, 0.5) is 0 Å². The van der Waals surface area contributed by atoms with Crippen LogP contribution in [-0.4, -0.2) is 37.6 Å². The van der Waals surface area contributed by atoms with Crippen LogP contribution in [0, 0.1) is 28.6 Å². The Kier molecular flexibility index (Phi) is 3.39. The Morgan fingerprint density at radius 1 is 1.53 bits per heavy atom. The van der Waals surface area contributed by atoms with Gasteiger partial charge in [-0.15, -0.1) is 0 Å². The van der Waals surface area contributed by atoms with Gasteiger partial charge in [0.2, 0.25) is 5.91 Å². The van der Waals surface area contributed by atoms with Gasteiger partial charge < -0.3 is 9.64 Å². The van der Waals surface area contributed by atoms with Crippen molar-refractivity contribution in [2.75, 3.05) is 26.8 Å². The fraction of sp³-hybridized carbons (Fsp3) is 0.846. The van der Waals surface area contributed by atoms with E-state index in [1.165, 1.54) is 6.42 Å². The van der Waals surface area contributed by atoms with E-state index in [4.69, 9.17) is 4.74 Å². The maximum absolute atomic E-state index is 12.4. The summed E-state index contributed by atoms with van der Waals surface area (Å²) >= 11 is 0. The molecule has 4 heteroatoms. The Bertz CT molecular complexity index is 342. The number of hydrogen-bond acceptors (Lipinski definition) is 3. The number of ether oxygens (including phenoxy) is 1. The van der Waals surface area contributed by atoms with Gasteiger partial charge >= 0.3 is 0 Å². The van der Waals surface area contributed by atoms with Crippen LogP contribution in [0.5, 0.6) is 0 Å². The topological polar surface area (TPSA) is 53.3 Å². The summed E-state index contributed by atoms with van der Waals surface area (Å²) in [5.74, 6) is 1.36. The zero-order chi connectivity index (χ0) is 12.5. The van der Waals surface area contributed by atoms with Crippen LogP contribution in [0.15, 0.2) is 0 Å². The van der Waals surface area contributed by atoms with E-state index < -0.39 is 5.41 Å². The standard InChI is InChI=1S/C13H20N2O2/c1-10-7-11(10)8-15(2)12(16)13(9-14)3-5-17-6-4-13/h10-11H,3-8H2,1-2H3. The Hall–Kier alpha value is -1.08. The SMILES string of the molecule is CC1CC1CN(C)C(=O)C1(C#N)CCOCC1. The normalized spacial score (nSPS) is 30.4. The molecular weight excluding hydrogens is 216 g/mol. The molecule has 2 fully saturated rings. The zero-order valence-corrected chi connectivity index (χ0v) is 10.6. The highest BCUT2D eigenvalue weighted by atomic mass is 16.5. The lowest BCUT2D eigenvalue weighted by molar-refractivity contribution is -0.142. The van der Waals surface area contributed by atoms with Gasteiger partial charge in [0.05, 0.1) is 6.07 Å². The molecule has 1 aliphatic carbocycles. The number of carbonyl (C=O) groups excluding carboxylic acids is 1. The van der Waals surface area contributed by atoms with Crippen molar-refractivity contribution in [2.45, 2.75) is 26.2 Å². The van der Waals surface area contributed by atoms with Gasteiger partial charge in [-0.2, -0.15) is 5.26 Å². The first-order chi connectivity index (χ1) is 8.09. The molecule has 0 spiro atoms. The van der Waals surface area contributed by atoms with Gasteiger partial charge in [0.1, 0.15) is 5.41 Å². The minimum absolute atomic E-state index is 0.0117. The predicted octanol–water partition coefficient (Wildman–Crippen LogP) is 1.42. The number of nitriles is 1. The van der Waals surface area contributed by atoms with Crippen LogP contribution in [-0.2, 0) is 9.53 Å². The minimum atomic E-state index is -0.828. The molecule has 0 bridgehead atoms. The molecule has 2 aliphatic rings. The number of rotatable bonds is 3. The average molecular weight is 236 g/mol. The second-order valence-corrected chi connectivity index (χ2v) is 5.47. The third-order valence-corrected chi connectivity index (χ3v) is 4.10. The van der Waals surface area contributed by atoms with E-state index in [1.54, 1.807) is 4.90 Å². The molecule has 1 saturated heterocycles. The quantitative estimate of drug-likeness (QED) is 0.744. The van der Waals surface area contributed by atoms with Crippen molar-refractivity contribution in [1.29, 1.82) is 5.26 Å². The minimum Gasteiger partial charge on any atom is -0.381 e. The van der Waals surface area contributed by atoms with Gasteiger partial charge in [-0.1, -0.05) is 6.92 Å². The van der Waals surface area contributed by atoms with Crippen LogP contribution in [0.3, 0.4) is 0 Å². The molecule has 0 N–H and O–H groups in total. The zero-order valence-electron chi connectivity index (χ0n) is 10.6. The van der Waals surface area contributed by atoms with Crippen molar-refractivity contribution in [3.8, 4) is 6.07 Å². The fourth-order valence-electron chi connectivity index (χ4n) is 2.55. The summed E-state index contributed by atoms with van der Waals surface area (Å²) < 4.78 is 5.25. The lowest BCUT2D eigenvalue weighted by Gasteiger charge is -2.33. The highest BCUT2D eigenvalue weighted by molar-refractivity contribution is 5.85. The summed E-state index contributed by atoms with van der Waals surface area (Å²) in [6, 6.07) is 2.23. The highest BCUT2D eigenvalue weighted by Gasteiger charge is 2.44. The Balaban J connectivity index is 1.98. The maximum Gasteiger partial charge on any atom is 0.242 e. The molecule has 0 aromatic rings. The molecule has 94 valence electrons. The molecule has 0 aromatic heterocycles. The summed E-state index contributed by atoms with van der Waals surface area (Å²) in [7, 11) is 1.82. The third kappa shape index (κ3) is 2.44. The number of hydrogen-bond donors (Lipinski definition) is 0. The second-order valence-electron chi connectivity index (χ2n) is 5.47. The summed E-state index contributed by atoms with van der Waals surface area (Å²) in [6.45, 7) is 4.04. The molecule has 1 aliphatic heterocycles. The fourth-order valence-corrected chi connectivity index (χ4v) is 2.55. The average Bonchev–Trinajstić information content (AvgIpc) is 3.04. The number of nitrogens with zero attached hydrogens (tertiary/aromatic N) is 2. The van der Waals surface area contributed by atoms with Gasteiger partial charge in [-0.05, 0) is 31.1 Å². The van der Waals surface area contributed by atoms with Crippen LogP contribution in [0.2, 0.25) is 0 Å². The largest absolute Gasteiger partial charge is 0.381 e. The van der Waals surface area contributed by atoms with Crippen molar-refractivity contribution in [3.05, 3.63) is 0 Å². The molecule has 1 saturated carbocycles. The summed E-state index contributed by atoms with van der Waals surface area (Å²) in [6.07, 6.45) is 2.28. The summed E-state index contributed by atoms with van der Waals surface area (Å²) in [4.78, 5) is 14.1. The molecule has 1 amide bonds. The van der Waals surface area contributed by atoms with Crippen molar-refractivity contribution in [2.24, 2.45) is 17.3 Å². The Morgan fingerprint density at radius 2 is 2.12 bits per heavy atom. The van der Waals surface area contributed by atoms with Gasteiger partial charge in [-0.3, -0.25) is 4.79 Å². The van der Waals surface area contributed by atoms with Gasteiger partial charge in [-0.25, -0.2) is 0 Å². The first kappa shape index (κ1) is 12.4. The first-order valence-electron chi connectivity index (χ1n) is 6.33. The number of amides is 1. The number of carbonyl (C=O) groups is 1. The Labute approximate surface area is 103 Å². The van der Waals surface area contributed by atoms with E-state index in [1.807, 2.05) is 7.05 Å². The molecule has 1 heterocycles. The molecule has 2 rings (SSSR count). The van der Waals surface area contributed by atoms with Crippen molar-refractivity contribution in [1.82, 2.24) is 4.90 Å². The first-order valence-corrected chi connectivity index (χ1v) is 6.33. The summed E-state index contributed by atoms with van der Waals surface area (Å²) in [5.41, 5.74) is -0.828. The summed E-state index contributed by atoms with van der Waals surface area (Å²) in [5, 5.41) is 9.31. The van der Waals surface area contributed by atoms with E-state index in [2.05, 4.69) is 13.0 Å². The Morgan fingerprint density at radius 3 is 2.59 bits per heavy atom. The van der Waals surface area contributed by atoms with Crippen molar-refractivity contribution < 1.29 is 9.53 Å². The predicted molar refractivity (Wildman–Crippen MR) is 63.0 cm³/mol. The molecular formula is C13H20N2O2. The third-order valence-electron chi connectivity index (χ3n) is 4.10. The molecule has 2 unspecified atom stereocenters. The monoisotopic (exact) mass is 236 g/mol. The smallest absolute Gasteiger partial charge is 0.242 e. The lowest BCUT2D eigenvalue weighted by Crippen LogP contribution is -2.45. The van der Waals surface area contributed by atoms with E-state index in [9.17, 15) is 10.1 Å². The van der Waals surface area contributed by atoms with Crippen LogP contribution >= 0.6 is 0 Å². The maximum atomic E-state index is 12.4. The lowest BCUT2D eigenvalue weighted by atomic mass is 9.80. The molecule has 0 aromatic carbocycles. The van der Waals surface area contributed by atoms with E-state index in [0.29, 0.717) is 32.0 Å².